The quantitative estimate of drug-likeness (QED) is 0.691. The van der Waals surface area contributed by atoms with Crippen LogP contribution in [-0.2, 0) is 13.0 Å². The van der Waals surface area contributed by atoms with Crippen molar-refractivity contribution in [2.24, 2.45) is 0 Å². The first-order valence-electron chi connectivity index (χ1n) is 5.95. The molecule has 18 heavy (non-hydrogen) atoms. The number of nitrogens with two attached hydrogens (primary N) is 2. The fourth-order valence-corrected chi connectivity index (χ4v) is 2.28. The normalized spacial score (nSPS) is 14.2. The molecule has 0 radical (unpaired) electrons. The number of anilines is 2. The van der Waals surface area contributed by atoms with Gasteiger partial charge < -0.3 is 16.8 Å². The average Bonchev–Trinajstić information content (AvgIpc) is 2.38. The molecule has 1 aliphatic rings. The highest BCUT2D eigenvalue weighted by atomic mass is 15.0. The summed E-state index contributed by atoms with van der Waals surface area (Å²) in [5.74, 6) is 0.627. The van der Waals surface area contributed by atoms with Crippen LogP contribution in [0.2, 0.25) is 0 Å². The third kappa shape index (κ3) is 1.89. The SMILES string of the molecule is Nc1ncc(-c2ccc3c(c2)CNCC3)c(N)n1. The largest absolute Gasteiger partial charge is 0.383 e. The molecular formula is C13H15N5. The number of rotatable bonds is 1. The highest BCUT2D eigenvalue weighted by Gasteiger charge is 2.11. The van der Waals surface area contributed by atoms with E-state index < -0.39 is 0 Å². The average molecular weight is 241 g/mol. The molecule has 5 N–H and O–H groups in total. The van der Waals surface area contributed by atoms with Gasteiger partial charge >= 0.3 is 0 Å². The number of nitrogens with zero attached hydrogens (tertiary/aromatic N) is 2. The Hall–Kier alpha value is -2.14. The fraction of sp³-hybridized carbons (Fsp3) is 0.231. The first-order chi connectivity index (χ1) is 8.74. The van der Waals surface area contributed by atoms with Crippen molar-refractivity contribution in [3.63, 3.8) is 0 Å². The summed E-state index contributed by atoms with van der Waals surface area (Å²) in [5, 5.41) is 3.36. The van der Waals surface area contributed by atoms with Crippen LogP contribution in [0.5, 0.6) is 0 Å². The maximum Gasteiger partial charge on any atom is 0.221 e. The van der Waals surface area contributed by atoms with Gasteiger partial charge in [-0.05, 0) is 35.7 Å². The zero-order valence-corrected chi connectivity index (χ0v) is 9.98. The fourth-order valence-electron chi connectivity index (χ4n) is 2.28. The van der Waals surface area contributed by atoms with Crippen LogP contribution in [0.1, 0.15) is 11.1 Å². The smallest absolute Gasteiger partial charge is 0.221 e. The lowest BCUT2D eigenvalue weighted by Crippen LogP contribution is -2.23. The molecule has 1 aliphatic heterocycles. The molecular weight excluding hydrogens is 226 g/mol. The number of hydrogen-bond donors (Lipinski definition) is 3. The molecule has 5 heteroatoms. The van der Waals surface area contributed by atoms with Gasteiger partial charge in [0.2, 0.25) is 5.95 Å². The molecule has 2 heterocycles. The van der Waals surface area contributed by atoms with E-state index in [-0.39, 0.29) is 5.95 Å². The molecule has 0 amide bonds. The molecule has 0 saturated heterocycles. The van der Waals surface area contributed by atoms with Crippen LogP contribution in [0.25, 0.3) is 11.1 Å². The minimum atomic E-state index is 0.205. The zero-order chi connectivity index (χ0) is 12.5. The van der Waals surface area contributed by atoms with Gasteiger partial charge in [0, 0.05) is 18.3 Å². The van der Waals surface area contributed by atoms with E-state index >= 15 is 0 Å². The van der Waals surface area contributed by atoms with Crippen LogP contribution >= 0.6 is 0 Å². The van der Waals surface area contributed by atoms with Crippen LogP contribution in [0.15, 0.2) is 24.4 Å². The van der Waals surface area contributed by atoms with Crippen LogP contribution in [0.3, 0.4) is 0 Å². The lowest BCUT2D eigenvalue weighted by molar-refractivity contribution is 0.644. The Bertz CT molecular complexity index is 594. The monoisotopic (exact) mass is 241 g/mol. The summed E-state index contributed by atoms with van der Waals surface area (Å²) in [6.45, 7) is 1.94. The standard InChI is InChI=1S/C13H15N5/c14-12-11(7-17-13(15)18-12)9-2-1-8-3-4-16-6-10(8)5-9/h1-2,5,7,16H,3-4,6H2,(H4,14,15,17,18). The van der Waals surface area contributed by atoms with Crippen molar-refractivity contribution in [1.29, 1.82) is 0 Å². The van der Waals surface area contributed by atoms with E-state index in [1.165, 1.54) is 11.1 Å². The number of nitrogen functional groups attached to an aromatic ring is 2. The Balaban J connectivity index is 2.06. The molecule has 1 aromatic heterocycles. The van der Waals surface area contributed by atoms with Crippen molar-refractivity contribution >= 4 is 11.8 Å². The summed E-state index contributed by atoms with van der Waals surface area (Å²) in [6.07, 6.45) is 2.75. The van der Waals surface area contributed by atoms with Gasteiger partial charge in [0.15, 0.2) is 0 Å². The van der Waals surface area contributed by atoms with Crippen molar-refractivity contribution < 1.29 is 0 Å². The summed E-state index contributed by atoms with van der Waals surface area (Å²) >= 11 is 0. The van der Waals surface area contributed by atoms with E-state index in [9.17, 15) is 0 Å². The van der Waals surface area contributed by atoms with Gasteiger partial charge in [-0.3, -0.25) is 0 Å². The van der Waals surface area contributed by atoms with E-state index in [0.717, 1.165) is 30.6 Å². The van der Waals surface area contributed by atoms with Crippen LogP contribution < -0.4 is 16.8 Å². The Labute approximate surface area is 105 Å². The molecule has 0 unspecified atom stereocenters. The molecule has 3 rings (SSSR count). The first kappa shape index (κ1) is 11.0. The molecule has 0 fully saturated rings. The number of aromatic nitrogens is 2. The predicted octanol–water partition coefficient (Wildman–Crippen LogP) is 0.954. The highest BCUT2D eigenvalue weighted by Crippen LogP contribution is 2.27. The second-order valence-electron chi connectivity index (χ2n) is 4.44. The van der Waals surface area contributed by atoms with E-state index in [0.29, 0.717) is 5.82 Å². The van der Waals surface area contributed by atoms with Gasteiger partial charge in [0.25, 0.3) is 0 Å². The van der Waals surface area contributed by atoms with Gasteiger partial charge in [0.05, 0.1) is 0 Å². The Morgan fingerprint density at radius 2 is 2.06 bits per heavy atom. The molecule has 1 aromatic carbocycles. The summed E-state index contributed by atoms with van der Waals surface area (Å²) in [7, 11) is 0. The third-order valence-electron chi connectivity index (χ3n) is 3.24. The number of nitrogens with one attached hydrogen (secondary N) is 1. The van der Waals surface area contributed by atoms with E-state index in [1.807, 2.05) is 0 Å². The maximum atomic E-state index is 5.88. The Kier molecular flexibility index (Phi) is 2.60. The molecule has 0 bridgehead atoms. The lowest BCUT2D eigenvalue weighted by atomic mass is 9.96. The van der Waals surface area contributed by atoms with Gasteiger partial charge in [-0.2, -0.15) is 4.98 Å². The summed E-state index contributed by atoms with van der Waals surface area (Å²) in [4.78, 5) is 7.99. The molecule has 2 aromatic rings. The van der Waals surface area contributed by atoms with Crippen molar-refractivity contribution in [2.75, 3.05) is 18.0 Å². The van der Waals surface area contributed by atoms with Crippen LogP contribution in [0.4, 0.5) is 11.8 Å². The summed E-state index contributed by atoms with van der Waals surface area (Å²) < 4.78 is 0. The predicted molar refractivity (Wildman–Crippen MR) is 71.7 cm³/mol. The van der Waals surface area contributed by atoms with Gasteiger partial charge in [-0.1, -0.05) is 12.1 Å². The van der Waals surface area contributed by atoms with Crippen molar-refractivity contribution in [3.8, 4) is 11.1 Å². The van der Waals surface area contributed by atoms with E-state index in [2.05, 4.69) is 33.5 Å². The van der Waals surface area contributed by atoms with Gasteiger partial charge in [-0.25, -0.2) is 4.98 Å². The molecule has 92 valence electrons. The van der Waals surface area contributed by atoms with Gasteiger partial charge in [-0.15, -0.1) is 0 Å². The van der Waals surface area contributed by atoms with Crippen LogP contribution in [-0.4, -0.2) is 16.5 Å². The molecule has 0 atom stereocenters. The zero-order valence-electron chi connectivity index (χ0n) is 9.98. The Morgan fingerprint density at radius 3 is 2.89 bits per heavy atom. The van der Waals surface area contributed by atoms with E-state index in [1.54, 1.807) is 6.20 Å². The maximum absolute atomic E-state index is 5.88. The Morgan fingerprint density at radius 1 is 1.17 bits per heavy atom. The van der Waals surface area contributed by atoms with Gasteiger partial charge in [0.1, 0.15) is 5.82 Å². The van der Waals surface area contributed by atoms with Crippen LogP contribution in [0, 0.1) is 0 Å². The third-order valence-corrected chi connectivity index (χ3v) is 3.24. The minimum Gasteiger partial charge on any atom is -0.383 e. The number of hydrogen-bond acceptors (Lipinski definition) is 5. The van der Waals surface area contributed by atoms with Crippen molar-refractivity contribution in [1.82, 2.24) is 15.3 Å². The topological polar surface area (TPSA) is 89.8 Å². The minimum absolute atomic E-state index is 0.205. The van der Waals surface area contributed by atoms with Crippen molar-refractivity contribution in [3.05, 3.63) is 35.5 Å². The van der Waals surface area contributed by atoms with E-state index in [4.69, 9.17) is 11.5 Å². The molecule has 0 spiro atoms. The van der Waals surface area contributed by atoms with Crippen molar-refractivity contribution in [2.45, 2.75) is 13.0 Å². The summed E-state index contributed by atoms with van der Waals surface area (Å²) in [6, 6.07) is 6.36. The molecule has 5 nitrogen and oxygen atoms in total. The number of benzene rings is 1. The second kappa shape index (κ2) is 4.27. The second-order valence-corrected chi connectivity index (χ2v) is 4.44. The first-order valence-corrected chi connectivity index (χ1v) is 5.95. The molecule has 0 saturated carbocycles. The molecule has 0 aliphatic carbocycles. The highest BCUT2D eigenvalue weighted by molar-refractivity contribution is 5.74. The number of fused-ring (bicyclic) bond motifs is 1. The lowest BCUT2D eigenvalue weighted by Gasteiger charge is -2.18. The summed E-state index contributed by atoms with van der Waals surface area (Å²) in [5.41, 5.74) is 16.0.